The first-order chi connectivity index (χ1) is 51.7. The number of unbranched alkanes of at least 4 members (excludes halogenated alkanes) is 11. The van der Waals surface area contributed by atoms with E-state index < -0.39 is 97.5 Å². The molecule has 0 amide bonds. The second-order valence-electron chi connectivity index (χ2n) is 25.1. The molecular weight excluding hydrogens is 1380 g/mol. The minimum atomic E-state index is -5.01. The lowest BCUT2D eigenvalue weighted by atomic mass is 10.1. The Morgan fingerprint density at radius 2 is 0.472 bits per heavy atom. The van der Waals surface area contributed by atoms with Crippen LogP contribution >= 0.6 is 15.6 Å². The molecule has 0 bridgehead atoms. The lowest BCUT2D eigenvalue weighted by Crippen LogP contribution is -2.30. The summed E-state index contributed by atoms with van der Waals surface area (Å²) in [5.74, 6) is -2.37. The Morgan fingerprint density at radius 3 is 0.774 bits per heavy atom. The molecule has 0 rings (SSSR count). The molecule has 0 saturated carbocycles. The molecule has 17 nitrogen and oxygen atoms in total. The molecule has 596 valence electrons. The van der Waals surface area contributed by atoms with Crippen LogP contribution in [0.2, 0.25) is 0 Å². The van der Waals surface area contributed by atoms with Gasteiger partial charge in [-0.05, 0) is 180 Å². The van der Waals surface area contributed by atoms with Gasteiger partial charge in [-0.15, -0.1) is 0 Å². The van der Waals surface area contributed by atoms with Gasteiger partial charge in [0.15, 0.2) is 12.2 Å². The molecule has 0 fully saturated rings. The summed E-state index contributed by atoms with van der Waals surface area (Å²) >= 11 is 0. The van der Waals surface area contributed by atoms with Crippen LogP contribution in [0.3, 0.4) is 0 Å². The minimum absolute atomic E-state index is 0.0243. The average molecular weight is 1520 g/mol. The van der Waals surface area contributed by atoms with Gasteiger partial charge in [0.1, 0.15) is 19.3 Å². The molecule has 0 spiro atoms. The van der Waals surface area contributed by atoms with E-state index in [0.29, 0.717) is 38.5 Å². The molecule has 19 heteroatoms. The summed E-state index contributed by atoms with van der Waals surface area (Å²) in [4.78, 5) is 73.0. The number of phosphoric acid groups is 2. The van der Waals surface area contributed by atoms with Crippen LogP contribution in [0.4, 0.5) is 0 Å². The zero-order chi connectivity index (χ0) is 77.4. The lowest BCUT2D eigenvalue weighted by molar-refractivity contribution is -0.161. The highest BCUT2D eigenvalue weighted by Gasteiger charge is 2.30. The van der Waals surface area contributed by atoms with Crippen molar-refractivity contribution in [2.45, 2.75) is 277 Å². The van der Waals surface area contributed by atoms with Gasteiger partial charge in [-0.2, -0.15) is 0 Å². The van der Waals surface area contributed by atoms with Gasteiger partial charge in [0.05, 0.1) is 26.4 Å². The van der Waals surface area contributed by atoms with Crippen molar-refractivity contribution in [1.82, 2.24) is 0 Å². The summed E-state index contributed by atoms with van der Waals surface area (Å²) < 4.78 is 68.4. The van der Waals surface area contributed by atoms with E-state index in [1.54, 1.807) is 0 Å². The molecule has 0 aliphatic carbocycles. The first kappa shape index (κ1) is 99.6. The second kappa shape index (κ2) is 76.8. The van der Waals surface area contributed by atoms with Crippen molar-refractivity contribution in [1.29, 1.82) is 0 Å². The largest absolute Gasteiger partial charge is 0.472 e. The van der Waals surface area contributed by atoms with Gasteiger partial charge >= 0.3 is 39.5 Å². The lowest BCUT2D eigenvalue weighted by Gasteiger charge is -2.21. The van der Waals surface area contributed by atoms with Crippen molar-refractivity contribution in [3.05, 3.63) is 207 Å². The number of esters is 4. The highest BCUT2D eigenvalue weighted by atomic mass is 31.2. The molecule has 5 atom stereocenters. The molecule has 3 N–H and O–H groups in total. The number of hydrogen-bond acceptors (Lipinski definition) is 15. The van der Waals surface area contributed by atoms with E-state index in [2.05, 4.69) is 222 Å². The SMILES string of the molecule is CC/C=C\C/C=C\C/C=C\C/C=C\C/C=C\CCCCCC(=O)OCC(COP(=O)(O)OCC(O)COP(=O)(O)OCC(COC(=O)CCC/C=C\C/C=C\C/C=C\C/C=C\C/C=C\CC)OC(=O)CCCCCCC/C=C\C/C=C\C/C=C\CC)OC(=O)CCCC/C=C\C/C=C\C/C=C\C/C=C\CC. The van der Waals surface area contributed by atoms with Crippen molar-refractivity contribution < 1.29 is 80.2 Å². The van der Waals surface area contributed by atoms with Crippen LogP contribution in [-0.4, -0.2) is 96.7 Å². The fourth-order valence-electron chi connectivity index (χ4n) is 9.40. The Hall–Kier alpha value is -6.36. The zero-order valence-electron chi connectivity index (χ0n) is 65.0. The molecule has 0 aliphatic rings. The third kappa shape index (κ3) is 75.9. The van der Waals surface area contributed by atoms with Gasteiger partial charge in [-0.3, -0.25) is 37.3 Å². The number of hydrogen-bond donors (Lipinski definition) is 3. The van der Waals surface area contributed by atoms with E-state index >= 15 is 0 Å². The van der Waals surface area contributed by atoms with Crippen molar-refractivity contribution >= 4 is 39.5 Å². The van der Waals surface area contributed by atoms with E-state index in [-0.39, 0.29) is 25.7 Å². The molecule has 0 radical (unpaired) electrons. The summed E-state index contributed by atoms with van der Waals surface area (Å²) in [6.07, 6.45) is 95.4. The number of carbonyl (C=O) groups is 4. The molecule has 5 unspecified atom stereocenters. The molecule has 106 heavy (non-hydrogen) atoms. The molecule has 0 aliphatic heterocycles. The Kier molecular flexibility index (Phi) is 72.2. The topological polar surface area (TPSA) is 237 Å². The maximum absolute atomic E-state index is 13.1. The van der Waals surface area contributed by atoms with Crippen LogP contribution in [0.15, 0.2) is 207 Å². The molecular formula is C87H136O17P2. The quantitative estimate of drug-likeness (QED) is 0.0169. The van der Waals surface area contributed by atoms with Gasteiger partial charge < -0.3 is 33.8 Å². The normalized spacial score (nSPS) is 15.0. The predicted octanol–water partition coefficient (Wildman–Crippen LogP) is 23.1. The summed E-state index contributed by atoms with van der Waals surface area (Å²) in [6, 6.07) is 0. The highest BCUT2D eigenvalue weighted by molar-refractivity contribution is 7.47. The molecule has 0 aromatic heterocycles. The molecule has 0 aromatic rings. The molecule has 0 heterocycles. The highest BCUT2D eigenvalue weighted by Crippen LogP contribution is 2.45. The van der Waals surface area contributed by atoms with Crippen molar-refractivity contribution in [2.24, 2.45) is 0 Å². The van der Waals surface area contributed by atoms with E-state index in [1.165, 1.54) is 0 Å². The van der Waals surface area contributed by atoms with Gasteiger partial charge in [0, 0.05) is 25.7 Å². The third-order valence-electron chi connectivity index (χ3n) is 15.2. The number of allylic oxidation sites excluding steroid dienone is 34. The number of phosphoric ester groups is 2. The van der Waals surface area contributed by atoms with Crippen LogP contribution in [0.1, 0.15) is 259 Å². The number of carbonyl (C=O) groups excluding carboxylic acids is 4. The average Bonchev–Trinajstić information content (AvgIpc) is 0.909. The fourth-order valence-corrected chi connectivity index (χ4v) is 11.0. The monoisotopic (exact) mass is 1510 g/mol. The maximum atomic E-state index is 13.1. The van der Waals surface area contributed by atoms with Gasteiger partial charge in [0.2, 0.25) is 0 Å². The number of aliphatic hydroxyl groups excluding tert-OH is 1. The number of ether oxygens (including phenoxy) is 4. The zero-order valence-corrected chi connectivity index (χ0v) is 66.8. The van der Waals surface area contributed by atoms with Crippen LogP contribution in [-0.2, 0) is 65.4 Å². The molecule has 0 aromatic carbocycles. The Labute approximate surface area is 639 Å². The van der Waals surface area contributed by atoms with Gasteiger partial charge in [0.25, 0.3) is 0 Å². The van der Waals surface area contributed by atoms with Crippen LogP contribution in [0.25, 0.3) is 0 Å². The van der Waals surface area contributed by atoms with Gasteiger partial charge in [-0.25, -0.2) is 9.13 Å². The second-order valence-corrected chi connectivity index (χ2v) is 28.0. The van der Waals surface area contributed by atoms with Crippen molar-refractivity contribution in [2.75, 3.05) is 39.6 Å². The summed E-state index contributed by atoms with van der Waals surface area (Å²) in [5.41, 5.74) is 0. The maximum Gasteiger partial charge on any atom is 0.472 e. The molecule has 0 saturated heterocycles. The fraction of sp³-hybridized carbons (Fsp3) is 0.563. The number of aliphatic hydroxyl groups is 1. The standard InChI is InChI=1S/C87H136O17P2/c1-5-9-13-17-21-25-29-33-37-39-40-42-46-48-52-56-60-64-68-72-85(90)98-78-83(104-87(92)74-70-66-62-58-54-50-44-36-32-28-24-20-16-12-8-4)80-102-106(95,96)100-76-81(88)75-99-105(93,94)101-79-82(103-86(91)73-69-65-61-57-53-49-43-35-31-27-23-19-15-11-7-3)77-97-84(89)71-67-63-59-55-51-47-45-41-38-34-30-26-22-18-14-10-6-2/h9-16,21-28,33-38,40,42-45,47-48,52,54-55,58-59,81-83,88H,5-8,17-20,29-32,39,41,46,49-51,53,56-57,60-80H2,1-4H3,(H,93,94)(H,95,96)/b13-9-,14-10-,15-11-,16-12-,25-21-,26-22-,27-23-,28-24-,37-33-,38-34-,42-40-,43-35-,44-36-,47-45-,52-48-,58-54-,59-55-. The summed E-state index contributed by atoms with van der Waals surface area (Å²) in [5, 5.41) is 10.6. The number of rotatable bonds is 71. The Morgan fingerprint density at radius 1 is 0.264 bits per heavy atom. The van der Waals surface area contributed by atoms with Crippen molar-refractivity contribution in [3.8, 4) is 0 Å². The van der Waals surface area contributed by atoms with Crippen molar-refractivity contribution in [3.63, 3.8) is 0 Å². The Balaban J connectivity index is 5.52. The summed E-state index contributed by atoms with van der Waals surface area (Å²) in [7, 11) is -10.0. The predicted molar refractivity (Wildman–Crippen MR) is 435 cm³/mol. The first-order valence-electron chi connectivity index (χ1n) is 39.3. The van der Waals surface area contributed by atoms with E-state index in [9.17, 15) is 43.2 Å². The van der Waals surface area contributed by atoms with E-state index in [4.69, 9.17) is 37.0 Å². The third-order valence-corrected chi connectivity index (χ3v) is 17.1. The summed E-state index contributed by atoms with van der Waals surface area (Å²) in [6.45, 7) is 4.20. The van der Waals surface area contributed by atoms with Crippen LogP contribution in [0.5, 0.6) is 0 Å². The minimum Gasteiger partial charge on any atom is -0.462 e. The van der Waals surface area contributed by atoms with Gasteiger partial charge in [-0.1, -0.05) is 260 Å². The Bertz CT molecular complexity index is 2830. The van der Waals surface area contributed by atoms with Crippen LogP contribution in [0, 0.1) is 0 Å². The van der Waals surface area contributed by atoms with E-state index in [1.807, 2.05) is 12.2 Å². The smallest absolute Gasteiger partial charge is 0.462 e. The van der Waals surface area contributed by atoms with Crippen LogP contribution < -0.4 is 0 Å². The first-order valence-corrected chi connectivity index (χ1v) is 42.3. The van der Waals surface area contributed by atoms with E-state index in [0.717, 1.165) is 167 Å².